The lowest BCUT2D eigenvalue weighted by Crippen LogP contribution is -2.20. The summed E-state index contributed by atoms with van der Waals surface area (Å²) in [6.07, 6.45) is 0.356. The summed E-state index contributed by atoms with van der Waals surface area (Å²) in [4.78, 5) is 12.4. The molecular formula is C17H14F3N3O2. The first-order valence-electron chi connectivity index (χ1n) is 7.31. The molecule has 0 amide bonds. The number of pyridine rings is 1. The van der Waals surface area contributed by atoms with E-state index in [1.54, 1.807) is 37.1 Å². The average Bonchev–Trinajstić information content (AvgIpc) is 2.96. The van der Waals surface area contributed by atoms with Gasteiger partial charge in [-0.3, -0.25) is 14.0 Å². The van der Waals surface area contributed by atoms with Crippen LogP contribution in [0.15, 0.2) is 53.7 Å². The standard InChI is InChI=1S/C17H14F3N3O2/c1-11-7-12(13-8-21-22(2)9-13)10-23(16(11)24)14-3-5-15(6-4-14)25-17(18,19)20/h3-10H,1-2H3. The fourth-order valence-corrected chi connectivity index (χ4v) is 2.45. The molecule has 2 aromatic heterocycles. The molecule has 0 radical (unpaired) electrons. The normalized spacial score (nSPS) is 11.6. The summed E-state index contributed by atoms with van der Waals surface area (Å²) in [6, 6.07) is 6.88. The summed E-state index contributed by atoms with van der Waals surface area (Å²) in [5.41, 5.74) is 2.31. The number of alkyl halides is 3. The van der Waals surface area contributed by atoms with Crippen LogP contribution in [0, 0.1) is 6.92 Å². The van der Waals surface area contributed by atoms with Crippen molar-refractivity contribution >= 4 is 0 Å². The number of ether oxygens (including phenoxy) is 1. The minimum Gasteiger partial charge on any atom is -0.406 e. The molecule has 5 nitrogen and oxygen atoms in total. The van der Waals surface area contributed by atoms with Crippen molar-refractivity contribution in [3.05, 3.63) is 64.8 Å². The summed E-state index contributed by atoms with van der Waals surface area (Å²) < 4.78 is 43.6. The van der Waals surface area contributed by atoms with E-state index in [2.05, 4.69) is 9.84 Å². The number of nitrogens with zero attached hydrogens (tertiary/aromatic N) is 3. The fraction of sp³-hybridized carbons (Fsp3) is 0.176. The van der Waals surface area contributed by atoms with Crippen molar-refractivity contribution in [1.82, 2.24) is 14.3 Å². The molecule has 2 heterocycles. The summed E-state index contributed by atoms with van der Waals surface area (Å²) in [6.45, 7) is 1.68. The maximum absolute atomic E-state index is 12.4. The fourth-order valence-electron chi connectivity index (χ4n) is 2.45. The number of halogens is 3. The third kappa shape index (κ3) is 3.73. The smallest absolute Gasteiger partial charge is 0.406 e. The van der Waals surface area contributed by atoms with Gasteiger partial charge in [0.1, 0.15) is 5.75 Å². The topological polar surface area (TPSA) is 49.0 Å². The summed E-state index contributed by atoms with van der Waals surface area (Å²) in [5.74, 6) is -0.343. The first kappa shape index (κ1) is 16.8. The maximum atomic E-state index is 12.4. The van der Waals surface area contributed by atoms with Gasteiger partial charge in [-0.15, -0.1) is 13.2 Å². The van der Waals surface area contributed by atoms with Gasteiger partial charge in [-0.25, -0.2) is 0 Å². The van der Waals surface area contributed by atoms with Gasteiger partial charge >= 0.3 is 6.36 Å². The van der Waals surface area contributed by atoms with Crippen molar-refractivity contribution in [3.8, 4) is 22.6 Å². The first-order valence-corrected chi connectivity index (χ1v) is 7.31. The summed E-state index contributed by atoms with van der Waals surface area (Å²) in [7, 11) is 1.78. The molecule has 0 unspecified atom stereocenters. The molecule has 130 valence electrons. The maximum Gasteiger partial charge on any atom is 0.573 e. The zero-order chi connectivity index (χ0) is 18.2. The van der Waals surface area contributed by atoms with Crippen LogP contribution in [0.5, 0.6) is 5.75 Å². The monoisotopic (exact) mass is 349 g/mol. The molecular weight excluding hydrogens is 335 g/mol. The number of aryl methyl sites for hydroxylation is 2. The van der Waals surface area contributed by atoms with Gasteiger partial charge in [0.2, 0.25) is 0 Å². The van der Waals surface area contributed by atoms with Gasteiger partial charge in [0.25, 0.3) is 5.56 Å². The van der Waals surface area contributed by atoms with Crippen molar-refractivity contribution in [1.29, 1.82) is 0 Å². The lowest BCUT2D eigenvalue weighted by atomic mass is 10.1. The Labute approximate surface area is 140 Å². The van der Waals surface area contributed by atoms with Crippen LogP contribution in [0.25, 0.3) is 16.8 Å². The van der Waals surface area contributed by atoms with Crippen LogP contribution in [-0.2, 0) is 7.05 Å². The average molecular weight is 349 g/mol. The van der Waals surface area contributed by atoms with Crippen molar-refractivity contribution in [2.75, 3.05) is 0 Å². The Kier molecular flexibility index (Phi) is 4.12. The molecule has 1 aromatic carbocycles. The Morgan fingerprint density at radius 1 is 1.08 bits per heavy atom. The number of aromatic nitrogens is 3. The van der Waals surface area contributed by atoms with E-state index >= 15 is 0 Å². The second-order valence-electron chi connectivity index (χ2n) is 5.53. The Morgan fingerprint density at radius 3 is 2.32 bits per heavy atom. The summed E-state index contributed by atoms with van der Waals surface area (Å²) in [5, 5.41) is 4.10. The highest BCUT2D eigenvalue weighted by Gasteiger charge is 2.31. The van der Waals surface area contributed by atoms with Crippen LogP contribution < -0.4 is 10.3 Å². The predicted octanol–water partition coefficient (Wildman–Crippen LogP) is 3.45. The highest BCUT2D eigenvalue weighted by molar-refractivity contribution is 5.62. The molecule has 3 aromatic rings. The van der Waals surface area contributed by atoms with Crippen LogP contribution in [0.4, 0.5) is 13.2 Å². The number of rotatable bonds is 3. The Morgan fingerprint density at radius 2 is 1.76 bits per heavy atom. The van der Waals surface area contributed by atoms with E-state index < -0.39 is 6.36 Å². The molecule has 0 aliphatic rings. The predicted molar refractivity (Wildman–Crippen MR) is 85.7 cm³/mol. The minimum atomic E-state index is -4.75. The van der Waals surface area contributed by atoms with Gasteiger partial charge in [-0.1, -0.05) is 0 Å². The van der Waals surface area contributed by atoms with Crippen molar-refractivity contribution in [2.24, 2.45) is 7.05 Å². The molecule has 0 spiro atoms. The van der Waals surface area contributed by atoms with Crippen molar-refractivity contribution in [2.45, 2.75) is 13.3 Å². The van der Waals surface area contributed by atoms with E-state index in [9.17, 15) is 18.0 Å². The Balaban J connectivity index is 2.02. The highest BCUT2D eigenvalue weighted by atomic mass is 19.4. The lowest BCUT2D eigenvalue weighted by Gasteiger charge is -2.12. The van der Waals surface area contributed by atoms with Crippen LogP contribution in [-0.4, -0.2) is 20.7 Å². The van der Waals surface area contributed by atoms with E-state index in [1.807, 2.05) is 6.20 Å². The van der Waals surface area contributed by atoms with E-state index in [4.69, 9.17) is 0 Å². The van der Waals surface area contributed by atoms with Crippen LogP contribution in [0.3, 0.4) is 0 Å². The molecule has 0 aliphatic carbocycles. The van der Waals surface area contributed by atoms with E-state index in [1.165, 1.54) is 28.8 Å². The van der Waals surface area contributed by atoms with Gasteiger partial charge in [-0.05, 0) is 37.3 Å². The summed E-state index contributed by atoms with van der Waals surface area (Å²) >= 11 is 0. The Hall–Kier alpha value is -3.03. The van der Waals surface area contributed by atoms with Crippen molar-refractivity contribution in [3.63, 3.8) is 0 Å². The molecule has 0 bridgehead atoms. The third-order valence-corrected chi connectivity index (χ3v) is 3.58. The molecule has 0 atom stereocenters. The van der Waals surface area contributed by atoms with Gasteiger partial charge in [0, 0.05) is 41.8 Å². The zero-order valence-corrected chi connectivity index (χ0v) is 13.4. The largest absolute Gasteiger partial charge is 0.573 e. The van der Waals surface area contributed by atoms with Crippen LogP contribution in [0.2, 0.25) is 0 Å². The Bertz CT molecular complexity index is 957. The zero-order valence-electron chi connectivity index (χ0n) is 13.4. The molecule has 0 N–H and O–H groups in total. The van der Waals surface area contributed by atoms with E-state index in [-0.39, 0.29) is 11.3 Å². The molecule has 0 saturated carbocycles. The van der Waals surface area contributed by atoms with Crippen LogP contribution >= 0.6 is 0 Å². The molecule has 8 heteroatoms. The highest BCUT2D eigenvalue weighted by Crippen LogP contribution is 2.24. The second-order valence-corrected chi connectivity index (χ2v) is 5.53. The number of benzene rings is 1. The molecule has 0 fully saturated rings. The number of hydrogen-bond acceptors (Lipinski definition) is 3. The third-order valence-electron chi connectivity index (χ3n) is 3.58. The van der Waals surface area contributed by atoms with Gasteiger partial charge in [0.15, 0.2) is 0 Å². The first-order chi connectivity index (χ1) is 11.7. The second kappa shape index (κ2) is 6.12. The van der Waals surface area contributed by atoms with Crippen molar-refractivity contribution < 1.29 is 17.9 Å². The molecule has 0 saturated heterocycles. The molecule has 0 aliphatic heterocycles. The van der Waals surface area contributed by atoms with E-state index in [0.29, 0.717) is 11.3 Å². The van der Waals surface area contributed by atoms with Crippen LogP contribution in [0.1, 0.15) is 5.56 Å². The minimum absolute atomic E-state index is 0.253. The lowest BCUT2D eigenvalue weighted by molar-refractivity contribution is -0.274. The van der Waals surface area contributed by atoms with Gasteiger partial charge < -0.3 is 4.74 Å². The molecule has 3 rings (SSSR count). The van der Waals surface area contributed by atoms with E-state index in [0.717, 1.165) is 11.1 Å². The SMILES string of the molecule is Cc1cc(-c2cnn(C)c2)cn(-c2ccc(OC(F)(F)F)cc2)c1=O. The number of hydrogen-bond donors (Lipinski definition) is 0. The quantitative estimate of drug-likeness (QED) is 0.728. The van der Waals surface area contributed by atoms with Gasteiger partial charge in [0.05, 0.1) is 6.20 Å². The van der Waals surface area contributed by atoms with Gasteiger partial charge in [-0.2, -0.15) is 5.10 Å². The molecule has 25 heavy (non-hydrogen) atoms.